The van der Waals surface area contributed by atoms with E-state index in [2.05, 4.69) is 25.7 Å². The predicted molar refractivity (Wildman–Crippen MR) is 116 cm³/mol. The van der Waals surface area contributed by atoms with Crippen LogP contribution in [0.15, 0.2) is 59.9 Å². The summed E-state index contributed by atoms with van der Waals surface area (Å²) >= 11 is 0. The largest absolute Gasteiger partial charge is 0.396 e. The normalized spacial score (nSPS) is 15.1. The Morgan fingerprint density at radius 3 is 2.78 bits per heavy atom. The Labute approximate surface area is 183 Å². The predicted octanol–water partition coefficient (Wildman–Crippen LogP) is 2.43. The lowest BCUT2D eigenvalue weighted by Gasteiger charge is -2.28. The number of amides is 1. The SMILES string of the molecule is CC1=C(C(=O)Nc2ccccn2)C(c2ccccc2[N+](=O)[O-])n2nc(CCCO)nc2N1. The second-order valence-corrected chi connectivity index (χ2v) is 7.17. The molecule has 11 nitrogen and oxygen atoms in total. The summed E-state index contributed by atoms with van der Waals surface area (Å²) in [5.74, 6) is 0.722. The number of allylic oxidation sites excluding steroid dienone is 1. The molecule has 0 saturated heterocycles. The number of hydrogen-bond acceptors (Lipinski definition) is 8. The van der Waals surface area contributed by atoms with E-state index < -0.39 is 16.9 Å². The molecule has 1 unspecified atom stereocenters. The Balaban J connectivity index is 1.83. The molecule has 2 aromatic heterocycles. The number of aliphatic hydroxyl groups excluding tert-OH is 1. The average Bonchev–Trinajstić information content (AvgIpc) is 3.19. The second kappa shape index (κ2) is 8.94. The highest BCUT2D eigenvalue weighted by Crippen LogP contribution is 2.39. The van der Waals surface area contributed by atoms with Gasteiger partial charge in [-0.2, -0.15) is 10.1 Å². The third-order valence-electron chi connectivity index (χ3n) is 5.03. The molecule has 1 aromatic carbocycles. The molecular formula is C21H21N7O4. The van der Waals surface area contributed by atoms with Crippen molar-refractivity contribution in [3.63, 3.8) is 0 Å². The zero-order valence-electron chi connectivity index (χ0n) is 17.2. The van der Waals surface area contributed by atoms with Gasteiger partial charge in [-0.3, -0.25) is 14.9 Å². The molecule has 1 atom stereocenters. The fourth-order valence-electron chi connectivity index (χ4n) is 3.63. The second-order valence-electron chi connectivity index (χ2n) is 7.17. The van der Waals surface area contributed by atoms with Gasteiger partial charge in [-0.15, -0.1) is 0 Å². The van der Waals surface area contributed by atoms with Gasteiger partial charge in [0.2, 0.25) is 5.95 Å². The molecule has 1 aliphatic rings. The minimum Gasteiger partial charge on any atom is -0.396 e. The molecule has 4 rings (SSSR count). The number of rotatable bonds is 7. The minimum absolute atomic E-state index is 0.0140. The van der Waals surface area contributed by atoms with Crippen molar-refractivity contribution in [3.05, 3.63) is 81.4 Å². The highest BCUT2D eigenvalue weighted by atomic mass is 16.6. The number of aromatic nitrogens is 4. The average molecular weight is 435 g/mol. The Hall–Kier alpha value is -4.12. The van der Waals surface area contributed by atoms with Crippen LogP contribution >= 0.6 is 0 Å². The van der Waals surface area contributed by atoms with Crippen LogP contribution in [0.1, 0.15) is 30.8 Å². The molecule has 3 heterocycles. The van der Waals surface area contributed by atoms with Crippen LogP contribution in [0.25, 0.3) is 0 Å². The number of fused-ring (bicyclic) bond motifs is 1. The van der Waals surface area contributed by atoms with Gasteiger partial charge in [-0.1, -0.05) is 18.2 Å². The zero-order chi connectivity index (χ0) is 22.7. The number of anilines is 2. The van der Waals surface area contributed by atoms with Gasteiger partial charge in [0.05, 0.1) is 16.1 Å². The van der Waals surface area contributed by atoms with Gasteiger partial charge >= 0.3 is 0 Å². The number of benzene rings is 1. The maximum Gasteiger partial charge on any atom is 0.275 e. The van der Waals surface area contributed by atoms with E-state index in [1.54, 1.807) is 49.5 Å². The van der Waals surface area contributed by atoms with Crippen molar-refractivity contribution in [2.45, 2.75) is 25.8 Å². The molecule has 0 fully saturated rings. The molecule has 1 amide bonds. The van der Waals surface area contributed by atoms with Gasteiger partial charge < -0.3 is 15.7 Å². The third-order valence-corrected chi connectivity index (χ3v) is 5.03. The minimum atomic E-state index is -0.882. The van der Waals surface area contributed by atoms with Gasteiger partial charge in [0, 0.05) is 31.0 Å². The van der Waals surface area contributed by atoms with Crippen molar-refractivity contribution in [1.82, 2.24) is 19.7 Å². The molecule has 164 valence electrons. The number of aryl methyl sites for hydroxylation is 1. The Morgan fingerprint density at radius 2 is 2.06 bits per heavy atom. The van der Waals surface area contributed by atoms with E-state index in [9.17, 15) is 14.9 Å². The molecule has 0 spiro atoms. The fourth-order valence-corrected chi connectivity index (χ4v) is 3.63. The van der Waals surface area contributed by atoms with Gasteiger partial charge in [0.25, 0.3) is 11.6 Å². The van der Waals surface area contributed by atoms with E-state index >= 15 is 0 Å². The highest BCUT2D eigenvalue weighted by Gasteiger charge is 2.37. The molecule has 32 heavy (non-hydrogen) atoms. The standard InChI is InChI=1S/C21H21N7O4/c1-13-18(20(30)24-16-9-4-5-11-22-16)19(14-7-2-3-8-15(14)28(31)32)27-21(23-13)25-17(26-27)10-6-12-29/h2-5,7-9,11,19,29H,6,10,12H2,1H3,(H,22,24,30)(H,23,25,26). The first-order valence-electron chi connectivity index (χ1n) is 9.99. The summed E-state index contributed by atoms with van der Waals surface area (Å²) in [5, 5.41) is 31.2. The Kier molecular flexibility index (Phi) is 5.90. The molecule has 1 aliphatic heterocycles. The lowest BCUT2D eigenvalue weighted by atomic mass is 9.94. The van der Waals surface area contributed by atoms with Crippen LogP contribution in [0.4, 0.5) is 17.5 Å². The van der Waals surface area contributed by atoms with Crippen LogP contribution in [0.2, 0.25) is 0 Å². The van der Waals surface area contributed by atoms with Crippen LogP contribution in [-0.4, -0.2) is 42.3 Å². The number of nitro groups is 1. The molecule has 3 N–H and O–H groups in total. The number of carbonyl (C=O) groups is 1. The summed E-state index contributed by atoms with van der Waals surface area (Å²) in [5.41, 5.74) is 0.935. The summed E-state index contributed by atoms with van der Waals surface area (Å²) in [6, 6.07) is 10.5. The van der Waals surface area contributed by atoms with Crippen LogP contribution < -0.4 is 10.6 Å². The van der Waals surface area contributed by atoms with E-state index in [1.807, 2.05) is 0 Å². The van der Waals surface area contributed by atoms with Crippen molar-refractivity contribution in [2.24, 2.45) is 0 Å². The summed E-state index contributed by atoms with van der Waals surface area (Å²) in [4.78, 5) is 33.2. The van der Waals surface area contributed by atoms with E-state index in [4.69, 9.17) is 5.11 Å². The molecule has 0 bridgehead atoms. The molecule has 0 radical (unpaired) electrons. The van der Waals surface area contributed by atoms with Gasteiger partial charge in [-0.25, -0.2) is 9.67 Å². The Bertz CT molecular complexity index is 1190. The van der Waals surface area contributed by atoms with Crippen molar-refractivity contribution in [2.75, 3.05) is 17.2 Å². The smallest absolute Gasteiger partial charge is 0.275 e. The maximum absolute atomic E-state index is 13.3. The van der Waals surface area contributed by atoms with E-state index in [0.717, 1.165) is 0 Å². The summed E-state index contributed by atoms with van der Waals surface area (Å²) in [6.45, 7) is 1.70. The number of pyridine rings is 1. The van der Waals surface area contributed by atoms with Crippen molar-refractivity contribution in [1.29, 1.82) is 0 Å². The van der Waals surface area contributed by atoms with Gasteiger partial charge in [0.1, 0.15) is 11.9 Å². The first kappa shape index (κ1) is 21.1. The topological polar surface area (TPSA) is 148 Å². The number of aliphatic hydroxyl groups is 1. The van der Waals surface area contributed by atoms with E-state index in [0.29, 0.717) is 41.7 Å². The lowest BCUT2D eigenvalue weighted by molar-refractivity contribution is -0.385. The summed E-state index contributed by atoms with van der Waals surface area (Å²) in [7, 11) is 0. The first-order chi connectivity index (χ1) is 15.5. The summed E-state index contributed by atoms with van der Waals surface area (Å²) in [6.07, 6.45) is 2.45. The number of nitrogens with zero attached hydrogens (tertiary/aromatic N) is 5. The van der Waals surface area contributed by atoms with Crippen LogP contribution in [0.3, 0.4) is 0 Å². The number of hydrogen-bond donors (Lipinski definition) is 3. The third kappa shape index (κ3) is 4.05. The number of nitrogens with one attached hydrogen (secondary N) is 2. The van der Waals surface area contributed by atoms with Crippen molar-refractivity contribution >= 4 is 23.4 Å². The molecule has 0 saturated carbocycles. The lowest BCUT2D eigenvalue weighted by Crippen LogP contribution is -2.32. The van der Waals surface area contributed by atoms with E-state index in [-0.39, 0.29) is 17.9 Å². The van der Waals surface area contributed by atoms with Crippen LogP contribution in [-0.2, 0) is 11.2 Å². The zero-order valence-corrected chi connectivity index (χ0v) is 17.2. The number of nitro benzene ring substituents is 1. The van der Waals surface area contributed by atoms with Gasteiger partial charge in [-0.05, 0) is 31.5 Å². The molecule has 0 aliphatic carbocycles. The fraction of sp³-hybridized carbons (Fsp3) is 0.238. The number of carbonyl (C=O) groups excluding carboxylic acids is 1. The Morgan fingerprint density at radius 1 is 1.28 bits per heavy atom. The first-order valence-corrected chi connectivity index (χ1v) is 9.99. The number of para-hydroxylation sites is 1. The molecule has 11 heteroatoms. The highest BCUT2D eigenvalue weighted by molar-refractivity contribution is 6.05. The van der Waals surface area contributed by atoms with Crippen molar-refractivity contribution < 1.29 is 14.8 Å². The van der Waals surface area contributed by atoms with Crippen molar-refractivity contribution in [3.8, 4) is 0 Å². The maximum atomic E-state index is 13.3. The molecule has 3 aromatic rings. The monoisotopic (exact) mass is 435 g/mol. The van der Waals surface area contributed by atoms with E-state index in [1.165, 1.54) is 10.7 Å². The quantitative estimate of drug-likeness (QED) is 0.378. The molecular weight excluding hydrogens is 414 g/mol. The van der Waals surface area contributed by atoms with Crippen LogP contribution in [0.5, 0.6) is 0 Å². The van der Waals surface area contributed by atoms with Crippen LogP contribution in [0, 0.1) is 10.1 Å². The summed E-state index contributed by atoms with van der Waals surface area (Å²) < 4.78 is 1.48. The van der Waals surface area contributed by atoms with Gasteiger partial charge in [0.15, 0.2) is 5.82 Å².